The van der Waals surface area contributed by atoms with E-state index in [-0.39, 0.29) is 5.57 Å². The van der Waals surface area contributed by atoms with Crippen molar-refractivity contribution in [2.75, 3.05) is 12.4 Å². The second-order valence-corrected chi connectivity index (χ2v) is 8.59. The lowest BCUT2D eigenvalue weighted by Gasteiger charge is -2.15. The molecule has 4 aromatic carbocycles. The Hall–Kier alpha value is -5.34. The second kappa shape index (κ2) is 11.2. The Balaban J connectivity index is 1.67. The van der Waals surface area contributed by atoms with E-state index in [1.165, 1.54) is 0 Å². The van der Waals surface area contributed by atoms with Crippen molar-refractivity contribution in [2.45, 2.75) is 0 Å². The van der Waals surface area contributed by atoms with Crippen LogP contribution >= 0.6 is 0 Å². The number of hydrogen-bond acceptors (Lipinski definition) is 3. The first-order valence-electron chi connectivity index (χ1n) is 12.2. The number of rotatable bonds is 7. The molecule has 5 nitrogen and oxygen atoms in total. The summed E-state index contributed by atoms with van der Waals surface area (Å²) in [4.78, 5) is 13.1. The van der Waals surface area contributed by atoms with Crippen molar-refractivity contribution in [1.29, 1.82) is 5.26 Å². The van der Waals surface area contributed by atoms with Crippen LogP contribution in [0.25, 0.3) is 34.3 Å². The van der Waals surface area contributed by atoms with E-state index in [2.05, 4.69) is 28.1 Å². The molecule has 0 atom stereocenters. The third-order valence-electron chi connectivity index (χ3n) is 6.17. The normalized spacial score (nSPS) is 11.0. The van der Waals surface area contributed by atoms with Crippen LogP contribution in [0.2, 0.25) is 0 Å². The predicted molar refractivity (Wildman–Crippen MR) is 152 cm³/mol. The zero-order chi connectivity index (χ0) is 26.3. The van der Waals surface area contributed by atoms with E-state index in [0.717, 1.165) is 33.8 Å². The zero-order valence-electron chi connectivity index (χ0n) is 20.8. The Labute approximate surface area is 221 Å². The molecule has 5 aromatic rings. The molecular weight excluding hydrogens is 470 g/mol. The molecule has 0 radical (unpaired) electrons. The van der Waals surface area contributed by atoms with Gasteiger partial charge in [0.2, 0.25) is 0 Å². The number of anilines is 1. The fourth-order valence-electron chi connectivity index (χ4n) is 4.38. The Morgan fingerprint density at radius 3 is 1.97 bits per heavy atom. The van der Waals surface area contributed by atoms with Crippen LogP contribution in [0.3, 0.4) is 0 Å². The number of amides is 1. The van der Waals surface area contributed by atoms with Crippen molar-refractivity contribution in [3.63, 3.8) is 0 Å². The van der Waals surface area contributed by atoms with Gasteiger partial charge in [-0.3, -0.25) is 4.79 Å². The van der Waals surface area contributed by atoms with Crippen LogP contribution in [-0.2, 0) is 4.79 Å². The van der Waals surface area contributed by atoms with E-state index in [9.17, 15) is 10.1 Å². The summed E-state index contributed by atoms with van der Waals surface area (Å²) in [5.41, 5.74) is 6.16. The molecule has 0 aliphatic rings. The fraction of sp³-hybridized carbons (Fsp3) is 0.0303. The zero-order valence-corrected chi connectivity index (χ0v) is 20.8. The minimum atomic E-state index is -0.481. The molecule has 184 valence electrons. The van der Waals surface area contributed by atoms with Crippen LogP contribution < -0.4 is 10.1 Å². The maximum absolute atomic E-state index is 13.1. The molecule has 38 heavy (non-hydrogen) atoms. The van der Waals surface area contributed by atoms with E-state index in [4.69, 9.17) is 4.74 Å². The Morgan fingerprint density at radius 1 is 0.816 bits per heavy atom. The highest BCUT2D eigenvalue weighted by atomic mass is 16.5. The first-order chi connectivity index (χ1) is 18.7. The van der Waals surface area contributed by atoms with Gasteiger partial charge in [0.1, 0.15) is 17.4 Å². The average Bonchev–Trinajstić information content (AvgIpc) is 3.36. The molecule has 0 unspecified atom stereocenters. The van der Waals surface area contributed by atoms with Gasteiger partial charge in [0, 0.05) is 16.9 Å². The largest absolute Gasteiger partial charge is 0.497 e. The molecule has 1 heterocycles. The van der Waals surface area contributed by atoms with Crippen LogP contribution in [0, 0.1) is 11.3 Å². The molecule has 0 spiro atoms. The number of aromatic nitrogens is 1. The highest BCUT2D eigenvalue weighted by Crippen LogP contribution is 2.37. The smallest absolute Gasteiger partial charge is 0.266 e. The summed E-state index contributed by atoms with van der Waals surface area (Å²) >= 11 is 0. The van der Waals surface area contributed by atoms with Crippen molar-refractivity contribution in [3.8, 4) is 40.0 Å². The Morgan fingerprint density at radius 2 is 1.39 bits per heavy atom. The molecule has 0 saturated carbocycles. The summed E-state index contributed by atoms with van der Waals surface area (Å²) in [7, 11) is 1.58. The van der Waals surface area contributed by atoms with E-state index < -0.39 is 5.91 Å². The van der Waals surface area contributed by atoms with Gasteiger partial charge in [-0.25, -0.2) is 0 Å². The summed E-state index contributed by atoms with van der Waals surface area (Å²) in [6, 6.07) is 41.3. The number of carbonyl (C=O) groups excluding carboxylic acids is 1. The molecule has 0 aliphatic heterocycles. The quantitative estimate of drug-likeness (QED) is 0.189. The molecule has 5 rings (SSSR count). The highest BCUT2D eigenvalue weighted by molar-refractivity contribution is 6.10. The third-order valence-corrected chi connectivity index (χ3v) is 6.17. The van der Waals surface area contributed by atoms with Crippen molar-refractivity contribution < 1.29 is 9.53 Å². The molecule has 0 fully saturated rings. The summed E-state index contributed by atoms with van der Waals surface area (Å²) in [6.07, 6.45) is 1.66. The van der Waals surface area contributed by atoms with Gasteiger partial charge in [-0.2, -0.15) is 5.26 Å². The summed E-state index contributed by atoms with van der Waals surface area (Å²) in [6.45, 7) is 0. The van der Waals surface area contributed by atoms with E-state index in [1.54, 1.807) is 37.5 Å². The molecule has 0 saturated heterocycles. The van der Waals surface area contributed by atoms with Crippen molar-refractivity contribution in [2.24, 2.45) is 0 Å². The van der Waals surface area contributed by atoms with E-state index in [0.29, 0.717) is 11.4 Å². The van der Waals surface area contributed by atoms with Crippen molar-refractivity contribution in [3.05, 3.63) is 132 Å². The SMILES string of the molecule is COc1ccc(NC(=O)/C(C#N)=C/c2cc(-c3ccccc3)n(-c3ccccc3)c2-c2ccccc2)cc1. The number of nitrogens with one attached hydrogen (secondary N) is 1. The van der Waals surface area contributed by atoms with E-state index >= 15 is 0 Å². The number of carbonyl (C=O) groups is 1. The van der Waals surface area contributed by atoms with E-state index in [1.807, 2.05) is 84.9 Å². The number of nitrogens with zero attached hydrogens (tertiary/aromatic N) is 2. The van der Waals surface area contributed by atoms with Gasteiger partial charge in [-0.15, -0.1) is 0 Å². The van der Waals surface area contributed by atoms with Crippen molar-refractivity contribution >= 4 is 17.7 Å². The van der Waals surface area contributed by atoms with Gasteiger partial charge in [-0.05, 0) is 59.7 Å². The third kappa shape index (κ3) is 5.11. The summed E-state index contributed by atoms with van der Waals surface area (Å²) in [5, 5.41) is 12.8. The average molecular weight is 496 g/mol. The van der Waals surface area contributed by atoms with Gasteiger partial charge in [-0.1, -0.05) is 78.9 Å². The van der Waals surface area contributed by atoms with Crippen LogP contribution in [0.4, 0.5) is 5.69 Å². The minimum Gasteiger partial charge on any atom is -0.497 e. The standard InChI is InChI=1S/C33H25N3O2/c1-38-30-19-17-28(18-20-30)35-33(37)27(23-34)21-26-22-31(24-11-5-2-6-12-24)36(29-15-9-4-10-16-29)32(26)25-13-7-3-8-14-25/h2-22H,1H3,(H,35,37)/b27-21+. The Bertz CT molecular complexity index is 1610. The lowest BCUT2D eigenvalue weighted by Crippen LogP contribution is -2.13. The lowest BCUT2D eigenvalue weighted by molar-refractivity contribution is -0.112. The molecule has 1 N–H and O–H groups in total. The van der Waals surface area contributed by atoms with Crippen LogP contribution in [-0.4, -0.2) is 17.6 Å². The lowest BCUT2D eigenvalue weighted by atomic mass is 10.0. The molecule has 0 bridgehead atoms. The number of hydrogen-bond donors (Lipinski definition) is 1. The Kier molecular flexibility index (Phi) is 7.15. The monoisotopic (exact) mass is 495 g/mol. The number of nitriles is 1. The number of para-hydroxylation sites is 1. The second-order valence-electron chi connectivity index (χ2n) is 8.59. The maximum atomic E-state index is 13.1. The van der Waals surface area contributed by atoms with Gasteiger partial charge in [0.25, 0.3) is 5.91 Å². The first-order valence-corrected chi connectivity index (χ1v) is 12.2. The molecule has 1 aromatic heterocycles. The highest BCUT2D eigenvalue weighted by Gasteiger charge is 2.20. The topological polar surface area (TPSA) is 67.0 Å². The van der Waals surface area contributed by atoms with Crippen LogP contribution in [0.1, 0.15) is 5.56 Å². The summed E-state index contributed by atoms with van der Waals surface area (Å²) < 4.78 is 7.36. The van der Waals surface area contributed by atoms with Crippen LogP contribution in [0.5, 0.6) is 5.75 Å². The first kappa shape index (κ1) is 24.4. The predicted octanol–water partition coefficient (Wildman–Crippen LogP) is 7.37. The summed E-state index contributed by atoms with van der Waals surface area (Å²) in [5.74, 6) is 0.202. The van der Waals surface area contributed by atoms with Gasteiger partial charge in [0.05, 0.1) is 18.5 Å². The van der Waals surface area contributed by atoms with Gasteiger partial charge in [0.15, 0.2) is 0 Å². The number of benzene rings is 4. The minimum absolute atomic E-state index is 0.00261. The number of ether oxygens (including phenoxy) is 1. The number of methoxy groups -OCH3 is 1. The fourth-order valence-corrected chi connectivity index (χ4v) is 4.38. The maximum Gasteiger partial charge on any atom is 0.266 e. The molecule has 5 heteroatoms. The molecule has 0 aliphatic carbocycles. The van der Waals surface area contributed by atoms with Gasteiger partial charge >= 0.3 is 0 Å². The molecule has 1 amide bonds. The van der Waals surface area contributed by atoms with Crippen LogP contribution in [0.15, 0.2) is 127 Å². The van der Waals surface area contributed by atoms with Crippen molar-refractivity contribution in [1.82, 2.24) is 4.57 Å². The van der Waals surface area contributed by atoms with Gasteiger partial charge < -0.3 is 14.6 Å². The molecular formula is C33H25N3O2.